The van der Waals surface area contributed by atoms with Crippen molar-refractivity contribution >= 4 is 11.8 Å². The predicted octanol–water partition coefficient (Wildman–Crippen LogP) is 4.06. The number of carbonyl (C=O) groups excluding carboxylic acids is 2. The molecule has 0 aromatic carbocycles. The molecule has 4 rings (SSSR count). The highest BCUT2D eigenvalue weighted by Crippen LogP contribution is 2.66. The lowest BCUT2D eigenvalue weighted by molar-refractivity contribution is -0.142. The summed E-state index contributed by atoms with van der Waals surface area (Å²) in [6.45, 7) is 6.77. The summed E-state index contributed by atoms with van der Waals surface area (Å²) in [6, 6.07) is 0. The van der Waals surface area contributed by atoms with Gasteiger partial charge in [0.2, 0.25) is 0 Å². The Morgan fingerprint density at radius 3 is 2.74 bits per heavy atom. The maximum Gasteiger partial charge on any atom is 0.302 e. The SMILES string of the molecule is CC(=O)OCCC1CCC2C3C(O)CC4=CC(=O)CCC4(C)C3CCC12C. The molecule has 0 spiro atoms. The van der Waals surface area contributed by atoms with Gasteiger partial charge in [0.1, 0.15) is 0 Å². The third-order valence-corrected chi connectivity index (χ3v) is 8.95. The summed E-state index contributed by atoms with van der Waals surface area (Å²) in [5, 5.41) is 11.1. The van der Waals surface area contributed by atoms with Gasteiger partial charge in [0, 0.05) is 13.3 Å². The van der Waals surface area contributed by atoms with E-state index in [0.29, 0.717) is 43.1 Å². The molecule has 0 heterocycles. The van der Waals surface area contributed by atoms with Crippen molar-refractivity contribution in [3.8, 4) is 0 Å². The van der Waals surface area contributed by atoms with Crippen molar-refractivity contribution in [2.45, 2.75) is 78.2 Å². The topological polar surface area (TPSA) is 63.6 Å². The van der Waals surface area contributed by atoms with Crippen molar-refractivity contribution in [2.75, 3.05) is 6.61 Å². The molecule has 7 unspecified atom stereocenters. The van der Waals surface area contributed by atoms with Gasteiger partial charge in [-0.05, 0) is 85.5 Å². The van der Waals surface area contributed by atoms with E-state index in [1.54, 1.807) is 0 Å². The smallest absolute Gasteiger partial charge is 0.302 e. The Balaban J connectivity index is 1.56. The Morgan fingerprint density at radius 1 is 1.22 bits per heavy atom. The first-order valence-electron chi connectivity index (χ1n) is 10.8. The van der Waals surface area contributed by atoms with Gasteiger partial charge in [0.25, 0.3) is 0 Å². The normalized spacial score (nSPS) is 46.1. The van der Waals surface area contributed by atoms with Crippen LogP contribution in [-0.4, -0.2) is 29.6 Å². The second-order valence-corrected chi connectivity index (χ2v) is 10.1. The first kappa shape index (κ1) is 19.2. The van der Waals surface area contributed by atoms with Crippen LogP contribution >= 0.6 is 0 Å². The molecule has 0 aliphatic heterocycles. The molecular formula is C23H34O4. The molecule has 4 nitrogen and oxygen atoms in total. The van der Waals surface area contributed by atoms with Gasteiger partial charge >= 0.3 is 5.97 Å². The maximum absolute atomic E-state index is 12.0. The van der Waals surface area contributed by atoms with E-state index in [0.717, 1.165) is 19.3 Å². The minimum Gasteiger partial charge on any atom is -0.466 e. The molecule has 4 heteroatoms. The van der Waals surface area contributed by atoms with Gasteiger partial charge in [0.15, 0.2) is 5.78 Å². The van der Waals surface area contributed by atoms with E-state index in [2.05, 4.69) is 13.8 Å². The molecule has 3 fully saturated rings. The largest absolute Gasteiger partial charge is 0.466 e. The Bertz CT molecular complexity index is 667. The molecular weight excluding hydrogens is 340 g/mol. The van der Waals surface area contributed by atoms with E-state index in [9.17, 15) is 14.7 Å². The van der Waals surface area contributed by atoms with Crippen LogP contribution in [0.3, 0.4) is 0 Å². The van der Waals surface area contributed by atoms with Gasteiger partial charge in [-0.15, -0.1) is 0 Å². The highest BCUT2D eigenvalue weighted by atomic mass is 16.5. The van der Waals surface area contributed by atoms with E-state index in [1.165, 1.54) is 31.8 Å². The Kier molecular flexibility index (Phi) is 4.77. The molecule has 0 amide bonds. The summed E-state index contributed by atoms with van der Waals surface area (Å²) in [7, 11) is 0. The molecule has 0 aromatic heterocycles. The number of hydrogen-bond acceptors (Lipinski definition) is 4. The summed E-state index contributed by atoms with van der Waals surface area (Å²) in [5.41, 5.74) is 1.54. The summed E-state index contributed by atoms with van der Waals surface area (Å²) >= 11 is 0. The van der Waals surface area contributed by atoms with Gasteiger partial charge in [-0.2, -0.15) is 0 Å². The van der Waals surface area contributed by atoms with Crippen molar-refractivity contribution in [1.82, 2.24) is 0 Å². The van der Waals surface area contributed by atoms with Crippen molar-refractivity contribution < 1.29 is 19.4 Å². The van der Waals surface area contributed by atoms with Crippen LogP contribution in [0.15, 0.2) is 11.6 Å². The number of carbonyl (C=O) groups is 2. The van der Waals surface area contributed by atoms with Crippen LogP contribution in [0.2, 0.25) is 0 Å². The van der Waals surface area contributed by atoms with Crippen molar-refractivity contribution in [3.63, 3.8) is 0 Å². The molecule has 4 aliphatic carbocycles. The number of aliphatic hydroxyl groups is 1. The lowest BCUT2D eigenvalue weighted by atomic mass is 9.46. The van der Waals surface area contributed by atoms with Crippen LogP contribution in [0.4, 0.5) is 0 Å². The molecule has 0 saturated heterocycles. The van der Waals surface area contributed by atoms with Gasteiger partial charge < -0.3 is 9.84 Å². The number of ether oxygens (including phenoxy) is 1. The van der Waals surface area contributed by atoms with Crippen LogP contribution in [0.5, 0.6) is 0 Å². The van der Waals surface area contributed by atoms with Gasteiger partial charge in [-0.3, -0.25) is 9.59 Å². The molecule has 7 atom stereocenters. The molecule has 0 radical (unpaired) electrons. The Hall–Kier alpha value is -1.16. The minimum absolute atomic E-state index is 0.0922. The maximum atomic E-state index is 12.0. The number of hydrogen-bond donors (Lipinski definition) is 1. The van der Waals surface area contributed by atoms with Crippen LogP contribution < -0.4 is 0 Å². The van der Waals surface area contributed by atoms with Crippen LogP contribution in [0, 0.1) is 34.5 Å². The van der Waals surface area contributed by atoms with E-state index in [-0.39, 0.29) is 28.7 Å². The van der Waals surface area contributed by atoms with Crippen LogP contribution in [0.25, 0.3) is 0 Å². The molecule has 4 aliphatic rings. The number of aliphatic hydroxyl groups excluding tert-OH is 1. The standard InChI is InChI=1S/C23H34O4/c1-14(24)27-11-8-15-4-5-18-21-19(7-10-22(15,18)2)23(3)9-6-17(25)12-16(23)13-20(21)26/h12,15,18-21,26H,4-11,13H2,1-3H3. The zero-order chi connectivity index (χ0) is 19.4. The number of rotatable bonds is 3. The monoisotopic (exact) mass is 374 g/mol. The fourth-order valence-corrected chi connectivity index (χ4v) is 7.45. The average molecular weight is 375 g/mol. The second-order valence-electron chi connectivity index (χ2n) is 10.1. The van der Waals surface area contributed by atoms with Crippen LogP contribution in [-0.2, 0) is 14.3 Å². The summed E-state index contributed by atoms with van der Waals surface area (Å²) in [6.07, 6.45) is 9.44. The van der Waals surface area contributed by atoms with Gasteiger partial charge in [-0.1, -0.05) is 19.4 Å². The Labute approximate surface area is 162 Å². The second kappa shape index (κ2) is 6.72. The molecule has 27 heavy (non-hydrogen) atoms. The van der Waals surface area contributed by atoms with E-state index in [1.807, 2.05) is 6.08 Å². The summed E-state index contributed by atoms with van der Waals surface area (Å²) in [5.74, 6) is 2.00. The first-order chi connectivity index (χ1) is 12.8. The van der Waals surface area contributed by atoms with Crippen molar-refractivity contribution in [1.29, 1.82) is 0 Å². The van der Waals surface area contributed by atoms with Crippen molar-refractivity contribution in [2.24, 2.45) is 34.5 Å². The van der Waals surface area contributed by atoms with Crippen molar-refractivity contribution in [3.05, 3.63) is 11.6 Å². The van der Waals surface area contributed by atoms with E-state index < -0.39 is 0 Å². The Morgan fingerprint density at radius 2 is 2.00 bits per heavy atom. The molecule has 1 N–H and O–H groups in total. The average Bonchev–Trinajstić information content (AvgIpc) is 2.93. The number of esters is 1. The molecule has 0 aromatic rings. The zero-order valence-corrected chi connectivity index (χ0v) is 17.0. The fourth-order valence-electron chi connectivity index (χ4n) is 7.45. The summed E-state index contributed by atoms with van der Waals surface area (Å²) < 4.78 is 5.23. The number of fused-ring (bicyclic) bond motifs is 5. The molecule has 0 bridgehead atoms. The first-order valence-corrected chi connectivity index (χ1v) is 10.8. The van der Waals surface area contributed by atoms with E-state index in [4.69, 9.17) is 4.74 Å². The third kappa shape index (κ3) is 2.99. The van der Waals surface area contributed by atoms with Gasteiger partial charge in [0.05, 0.1) is 12.7 Å². The quantitative estimate of drug-likeness (QED) is 0.757. The van der Waals surface area contributed by atoms with E-state index >= 15 is 0 Å². The highest BCUT2D eigenvalue weighted by Gasteiger charge is 2.61. The third-order valence-electron chi connectivity index (χ3n) is 8.95. The zero-order valence-electron chi connectivity index (χ0n) is 17.0. The minimum atomic E-state index is -0.322. The van der Waals surface area contributed by atoms with Gasteiger partial charge in [-0.25, -0.2) is 0 Å². The summed E-state index contributed by atoms with van der Waals surface area (Å²) in [4.78, 5) is 23.1. The lowest BCUT2D eigenvalue weighted by Gasteiger charge is -2.59. The highest BCUT2D eigenvalue weighted by molar-refractivity contribution is 5.91. The predicted molar refractivity (Wildman–Crippen MR) is 103 cm³/mol. The number of ketones is 1. The van der Waals surface area contributed by atoms with Crippen LogP contribution in [0.1, 0.15) is 72.1 Å². The fraction of sp³-hybridized carbons (Fsp3) is 0.826. The molecule has 150 valence electrons. The lowest BCUT2D eigenvalue weighted by Crippen LogP contribution is -2.55. The molecule has 3 saturated carbocycles.